The number of aromatic nitrogens is 1. The van der Waals surface area contributed by atoms with Crippen molar-refractivity contribution in [2.45, 2.75) is 25.0 Å². The summed E-state index contributed by atoms with van der Waals surface area (Å²) >= 11 is 1.49. The van der Waals surface area contributed by atoms with Crippen LogP contribution < -0.4 is 0 Å². The van der Waals surface area contributed by atoms with Crippen molar-refractivity contribution in [1.29, 1.82) is 5.26 Å². The molecule has 0 aliphatic heterocycles. The molecule has 1 aromatic heterocycles. The fourth-order valence-corrected chi connectivity index (χ4v) is 4.20. The molecule has 0 saturated carbocycles. The van der Waals surface area contributed by atoms with E-state index in [9.17, 15) is 8.42 Å². The van der Waals surface area contributed by atoms with Crippen LogP contribution in [0.25, 0.3) is 0 Å². The number of sulfone groups is 1. The average molecular weight is 320 g/mol. The number of hydrogen-bond donors (Lipinski definition) is 0. The van der Waals surface area contributed by atoms with Crippen molar-refractivity contribution in [3.05, 3.63) is 52.0 Å². The van der Waals surface area contributed by atoms with E-state index in [4.69, 9.17) is 5.26 Å². The van der Waals surface area contributed by atoms with Crippen LogP contribution in [0.5, 0.6) is 0 Å². The molecule has 2 rings (SSSR count). The van der Waals surface area contributed by atoms with Crippen molar-refractivity contribution in [3.63, 3.8) is 0 Å². The minimum Gasteiger partial charge on any atom is -0.245 e. The highest BCUT2D eigenvalue weighted by Crippen LogP contribution is 2.17. The van der Waals surface area contributed by atoms with Crippen LogP contribution in [-0.2, 0) is 22.0 Å². The van der Waals surface area contributed by atoms with E-state index in [1.807, 2.05) is 36.4 Å². The Bertz CT molecular complexity index is 716. The lowest BCUT2D eigenvalue weighted by molar-refractivity contribution is 0.592. The normalized spacial score (nSPS) is 11.2. The molecule has 0 saturated heterocycles. The van der Waals surface area contributed by atoms with Crippen molar-refractivity contribution < 1.29 is 8.42 Å². The third-order valence-electron chi connectivity index (χ3n) is 2.91. The molecule has 0 atom stereocenters. The molecule has 1 heterocycles. The van der Waals surface area contributed by atoms with Gasteiger partial charge in [-0.05, 0) is 12.0 Å². The van der Waals surface area contributed by atoms with Gasteiger partial charge in [0.05, 0.1) is 28.3 Å². The number of nitriles is 1. The first-order valence-corrected chi connectivity index (χ1v) is 9.34. The Morgan fingerprint density at radius 3 is 2.71 bits per heavy atom. The van der Waals surface area contributed by atoms with Crippen LogP contribution in [0.2, 0.25) is 0 Å². The van der Waals surface area contributed by atoms with Gasteiger partial charge in [0.2, 0.25) is 0 Å². The summed E-state index contributed by atoms with van der Waals surface area (Å²) in [4.78, 5) is 4.39. The highest BCUT2D eigenvalue weighted by Gasteiger charge is 2.14. The number of hydrogen-bond acceptors (Lipinski definition) is 5. The van der Waals surface area contributed by atoms with Crippen molar-refractivity contribution >= 4 is 21.2 Å². The van der Waals surface area contributed by atoms with Gasteiger partial charge in [-0.2, -0.15) is 5.26 Å². The van der Waals surface area contributed by atoms with E-state index in [-0.39, 0.29) is 17.9 Å². The van der Waals surface area contributed by atoms with E-state index in [1.165, 1.54) is 11.3 Å². The second-order valence-corrected chi connectivity index (χ2v) is 7.88. The largest absolute Gasteiger partial charge is 0.245 e. The Labute approximate surface area is 129 Å². The third-order valence-corrected chi connectivity index (χ3v) is 5.45. The standard InChI is InChI=1S/C15H16N2O2S2/c16-8-4-5-9-21(18,19)12-14-11-20-15(17-14)10-13-6-2-1-3-7-13/h1-3,6-7,11H,4-5,9-10,12H2. The summed E-state index contributed by atoms with van der Waals surface area (Å²) in [6, 6.07) is 11.9. The van der Waals surface area contributed by atoms with Crippen LogP contribution in [0.3, 0.4) is 0 Å². The topological polar surface area (TPSA) is 70.8 Å². The lowest BCUT2D eigenvalue weighted by Crippen LogP contribution is -2.09. The smallest absolute Gasteiger partial charge is 0.156 e. The van der Waals surface area contributed by atoms with Gasteiger partial charge in [0.25, 0.3) is 0 Å². The van der Waals surface area contributed by atoms with E-state index in [1.54, 1.807) is 5.38 Å². The number of thiazole rings is 1. The molecular weight excluding hydrogens is 304 g/mol. The molecule has 0 bridgehead atoms. The maximum Gasteiger partial charge on any atom is 0.156 e. The van der Waals surface area contributed by atoms with Crippen LogP contribution >= 0.6 is 11.3 Å². The third kappa shape index (κ3) is 5.29. The molecule has 6 heteroatoms. The molecule has 0 N–H and O–H groups in total. The number of unbranched alkanes of at least 4 members (excludes halogenated alkanes) is 1. The Morgan fingerprint density at radius 2 is 2.00 bits per heavy atom. The van der Waals surface area contributed by atoms with Gasteiger partial charge < -0.3 is 0 Å². The summed E-state index contributed by atoms with van der Waals surface area (Å²) in [6.45, 7) is 0. The predicted octanol–water partition coefficient (Wildman–Crippen LogP) is 2.95. The minimum atomic E-state index is -3.17. The van der Waals surface area contributed by atoms with Gasteiger partial charge in [-0.25, -0.2) is 13.4 Å². The van der Waals surface area contributed by atoms with Gasteiger partial charge >= 0.3 is 0 Å². The Hall–Kier alpha value is -1.71. The molecule has 0 radical (unpaired) electrons. The fraction of sp³-hybridized carbons (Fsp3) is 0.333. The van der Waals surface area contributed by atoms with E-state index >= 15 is 0 Å². The number of nitrogens with zero attached hydrogens (tertiary/aromatic N) is 2. The Balaban J connectivity index is 1.96. The molecular formula is C15H16N2O2S2. The van der Waals surface area contributed by atoms with E-state index in [2.05, 4.69) is 4.98 Å². The van der Waals surface area contributed by atoms with Crippen LogP contribution in [-0.4, -0.2) is 19.2 Å². The number of rotatable bonds is 7. The zero-order chi connectivity index (χ0) is 15.1. The molecule has 0 amide bonds. The summed E-state index contributed by atoms with van der Waals surface area (Å²) in [6.07, 6.45) is 1.38. The zero-order valence-electron chi connectivity index (χ0n) is 11.5. The molecule has 21 heavy (non-hydrogen) atoms. The highest BCUT2D eigenvalue weighted by atomic mass is 32.2. The molecule has 0 unspecified atom stereocenters. The molecule has 4 nitrogen and oxygen atoms in total. The molecule has 1 aromatic carbocycles. The Kier molecular flexibility index (Phi) is 5.48. The zero-order valence-corrected chi connectivity index (χ0v) is 13.2. The summed E-state index contributed by atoms with van der Waals surface area (Å²) in [5, 5.41) is 11.2. The van der Waals surface area contributed by atoms with E-state index in [0.717, 1.165) is 17.0 Å². The molecule has 0 aliphatic carbocycles. The molecule has 0 fully saturated rings. The van der Waals surface area contributed by atoms with Crippen molar-refractivity contribution in [3.8, 4) is 6.07 Å². The fourth-order valence-electron chi connectivity index (χ4n) is 1.94. The van der Waals surface area contributed by atoms with Crippen LogP contribution in [0.4, 0.5) is 0 Å². The summed E-state index contributed by atoms with van der Waals surface area (Å²) in [5.41, 5.74) is 1.76. The monoisotopic (exact) mass is 320 g/mol. The lowest BCUT2D eigenvalue weighted by Gasteiger charge is -2.00. The molecule has 110 valence electrons. The molecule has 0 aliphatic rings. The quantitative estimate of drug-likeness (QED) is 0.735. The maximum absolute atomic E-state index is 11.9. The summed E-state index contributed by atoms with van der Waals surface area (Å²) in [7, 11) is -3.17. The van der Waals surface area contributed by atoms with Gasteiger partial charge in [-0.1, -0.05) is 30.3 Å². The maximum atomic E-state index is 11.9. The van der Waals surface area contributed by atoms with Crippen molar-refractivity contribution in [2.75, 3.05) is 5.75 Å². The summed E-state index contributed by atoms with van der Waals surface area (Å²) < 4.78 is 23.8. The molecule has 2 aromatic rings. The van der Waals surface area contributed by atoms with Crippen LogP contribution in [0, 0.1) is 11.3 Å². The predicted molar refractivity (Wildman–Crippen MR) is 83.7 cm³/mol. The Morgan fingerprint density at radius 1 is 1.24 bits per heavy atom. The van der Waals surface area contributed by atoms with E-state index in [0.29, 0.717) is 12.1 Å². The van der Waals surface area contributed by atoms with Gasteiger partial charge in [-0.15, -0.1) is 11.3 Å². The first-order chi connectivity index (χ1) is 10.1. The second kappa shape index (κ2) is 7.34. The SMILES string of the molecule is N#CCCCS(=O)(=O)Cc1csc(Cc2ccccc2)n1. The van der Waals surface area contributed by atoms with Gasteiger partial charge in [-0.3, -0.25) is 0 Å². The molecule has 0 spiro atoms. The minimum absolute atomic E-state index is 0.0380. The second-order valence-electron chi connectivity index (χ2n) is 4.75. The van der Waals surface area contributed by atoms with E-state index < -0.39 is 9.84 Å². The first kappa shape index (κ1) is 15.7. The van der Waals surface area contributed by atoms with Crippen LogP contribution in [0.15, 0.2) is 35.7 Å². The van der Waals surface area contributed by atoms with Gasteiger partial charge in [0.1, 0.15) is 0 Å². The van der Waals surface area contributed by atoms with Crippen molar-refractivity contribution in [1.82, 2.24) is 4.98 Å². The van der Waals surface area contributed by atoms with Crippen molar-refractivity contribution in [2.24, 2.45) is 0 Å². The lowest BCUT2D eigenvalue weighted by atomic mass is 10.2. The highest BCUT2D eigenvalue weighted by molar-refractivity contribution is 7.90. The van der Waals surface area contributed by atoms with Gasteiger partial charge in [0.15, 0.2) is 9.84 Å². The van der Waals surface area contributed by atoms with Crippen LogP contribution in [0.1, 0.15) is 29.1 Å². The van der Waals surface area contributed by atoms with Gasteiger partial charge in [0, 0.05) is 18.2 Å². The average Bonchev–Trinajstić information content (AvgIpc) is 2.86. The first-order valence-electron chi connectivity index (χ1n) is 6.63. The summed E-state index contributed by atoms with van der Waals surface area (Å²) in [5.74, 6) is 0.00975. The number of benzene rings is 1.